The summed E-state index contributed by atoms with van der Waals surface area (Å²) in [5, 5.41) is 3.78. The minimum atomic E-state index is -0.460. The van der Waals surface area contributed by atoms with Crippen molar-refractivity contribution in [2.45, 2.75) is 51.9 Å². The number of hydrogen-bond donors (Lipinski definition) is 1. The fourth-order valence-electron chi connectivity index (χ4n) is 1.96. The van der Waals surface area contributed by atoms with Gasteiger partial charge in [0.1, 0.15) is 0 Å². The molecule has 80 valence electrons. The summed E-state index contributed by atoms with van der Waals surface area (Å²) in [4.78, 5) is 13.5. The molecule has 0 fully saturated rings. The minimum Gasteiger partial charge on any atom is -0.296 e. The quantitative estimate of drug-likeness (QED) is 0.789. The SMILES string of the molecule is CCCC(C)(CCC)c1noc(=O)[nH]1. The summed E-state index contributed by atoms with van der Waals surface area (Å²) < 4.78 is 4.54. The summed E-state index contributed by atoms with van der Waals surface area (Å²) in [6, 6.07) is 0. The second kappa shape index (κ2) is 4.44. The van der Waals surface area contributed by atoms with Gasteiger partial charge in [-0.15, -0.1) is 0 Å². The Balaban J connectivity index is 2.92. The van der Waals surface area contributed by atoms with Gasteiger partial charge in [0.05, 0.1) is 0 Å². The smallest absolute Gasteiger partial charge is 0.296 e. The van der Waals surface area contributed by atoms with E-state index in [9.17, 15) is 4.79 Å². The maximum absolute atomic E-state index is 10.9. The molecule has 0 amide bonds. The van der Waals surface area contributed by atoms with Crippen LogP contribution < -0.4 is 5.76 Å². The van der Waals surface area contributed by atoms with E-state index in [0.717, 1.165) is 25.7 Å². The van der Waals surface area contributed by atoms with Gasteiger partial charge in [-0.3, -0.25) is 9.51 Å². The summed E-state index contributed by atoms with van der Waals surface area (Å²) in [7, 11) is 0. The van der Waals surface area contributed by atoms with Crippen molar-refractivity contribution >= 4 is 0 Å². The topological polar surface area (TPSA) is 58.9 Å². The fourth-order valence-corrected chi connectivity index (χ4v) is 1.96. The van der Waals surface area contributed by atoms with Crippen LogP contribution in [0.1, 0.15) is 52.3 Å². The molecule has 0 unspecified atom stereocenters. The minimum absolute atomic E-state index is 0.0460. The highest BCUT2D eigenvalue weighted by atomic mass is 16.5. The van der Waals surface area contributed by atoms with Crippen LogP contribution in [-0.4, -0.2) is 10.1 Å². The van der Waals surface area contributed by atoms with Crippen LogP contribution in [0.4, 0.5) is 0 Å². The third-order valence-electron chi connectivity index (χ3n) is 2.62. The molecule has 0 atom stereocenters. The zero-order valence-electron chi connectivity index (χ0n) is 9.09. The molecule has 0 saturated carbocycles. The van der Waals surface area contributed by atoms with Crippen molar-refractivity contribution in [3.05, 3.63) is 16.4 Å². The predicted molar refractivity (Wildman–Crippen MR) is 54.3 cm³/mol. The van der Waals surface area contributed by atoms with Gasteiger partial charge >= 0.3 is 5.76 Å². The Morgan fingerprint density at radius 2 is 1.93 bits per heavy atom. The largest absolute Gasteiger partial charge is 0.438 e. The van der Waals surface area contributed by atoms with E-state index in [-0.39, 0.29) is 5.41 Å². The molecule has 0 aliphatic heterocycles. The van der Waals surface area contributed by atoms with E-state index in [2.05, 4.69) is 35.4 Å². The van der Waals surface area contributed by atoms with Crippen molar-refractivity contribution in [2.75, 3.05) is 0 Å². The van der Waals surface area contributed by atoms with E-state index in [4.69, 9.17) is 0 Å². The van der Waals surface area contributed by atoms with E-state index in [0.29, 0.717) is 5.82 Å². The highest BCUT2D eigenvalue weighted by molar-refractivity contribution is 5.02. The van der Waals surface area contributed by atoms with Gasteiger partial charge in [-0.25, -0.2) is 4.79 Å². The van der Waals surface area contributed by atoms with E-state index < -0.39 is 5.76 Å². The molecule has 0 saturated heterocycles. The molecule has 1 rings (SSSR count). The second-order valence-corrected chi connectivity index (χ2v) is 4.00. The average molecular weight is 198 g/mol. The zero-order chi connectivity index (χ0) is 10.6. The Bertz CT molecular complexity index is 321. The normalized spacial score (nSPS) is 11.9. The van der Waals surface area contributed by atoms with Crippen LogP contribution in [0.3, 0.4) is 0 Å². The lowest BCUT2D eigenvalue weighted by molar-refractivity contribution is 0.331. The first-order valence-electron chi connectivity index (χ1n) is 5.19. The molecule has 4 nitrogen and oxygen atoms in total. The van der Waals surface area contributed by atoms with Crippen LogP contribution in [0.2, 0.25) is 0 Å². The number of nitrogens with zero attached hydrogens (tertiary/aromatic N) is 1. The molecule has 0 bridgehead atoms. The van der Waals surface area contributed by atoms with Gasteiger partial charge in [0.15, 0.2) is 5.82 Å². The highest BCUT2D eigenvalue weighted by Gasteiger charge is 2.28. The fraction of sp³-hybridized carbons (Fsp3) is 0.800. The zero-order valence-corrected chi connectivity index (χ0v) is 9.09. The monoisotopic (exact) mass is 198 g/mol. The lowest BCUT2D eigenvalue weighted by Gasteiger charge is -2.25. The standard InChI is InChI=1S/C10H18N2O2/c1-4-6-10(3,7-5-2)8-11-9(13)14-12-8/h4-7H2,1-3H3,(H,11,12,13). The summed E-state index contributed by atoms with van der Waals surface area (Å²) >= 11 is 0. The van der Waals surface area contributed by atoms with Crippen molar-refractivity contribution < 1.29 is 4.52 Å². The number of rotatable bonds is 5. The average Bonchev–Trinajstić information content (AvgIpc) is 2.53. The first kappa shape index (κ1) is 11.0. The maximum Gasteiger partial charge on any atom is 0.438 e. The Labute approximate surface area is 83.7 Å². The van der Waals surface area contributed by atoms with E-state index in [1.165, 1.54) is 0 Å². The van der Waals surface area contributed by atoms with Crippen LogP contribution in [0.5, 0.6) is 0 Å². The molecule has 4 heteroatoms. The van der Waals surface area contributed by atoms with Gasteiger partial charge < -0.3 is 0 Å². The lowest BCUT2D eigenvalue weighted by Crippen LogP contribution is -2.24. The molecule has 1 N–H and O–H groups in total. The molecule has 0 aliphatic rings. The van der Waals surface area contributed by atoms with E-state index >= 15 is 0 Å². The summed E-state index contributed by atoms with van der Waals surface area (Å²) in [6.45, 7) is 6.38. The van der Waals surface area contributed by atoms with Crippen molar-refractivity contribution in [1.29, 1.82) is 0 Å². The van der Waals surface area contributed by atoms with Gasteiger partial charge in [0.2, 0.25) is 0 Å². The second-order valence-electron chi connectivity index (χ2n) is 4.00. The van der Waals surface area contributed by atoms with Gasteiger partial charge in [0.25, 0.3) is 0 Å². The van der Waals surface area contributed by atoms with Gasteiger partial charge in [0, 0.05) is 5.41 Å². The molecule has 1 heterocycles. The van der Waals surface area contributed by atoms with Crippen molar-refractivity contribution in [3.63, 3.8) is 0 Å². The number of hydrogen-bond acceptors (Lipinski definition) is 3. The molecule has 0 radical (unpaired) electrons. The van der Waals surface area contributed by atoms with Crippen molar-refractivity contribution in [1.82, 2.24) is 10.1 Å². The summed E-state index contributed by atoms with van der Waals surface area (Å²) in [5.74, 6) is 0.227. The van der Waals surface area contributed by atoms with Crippen LogP contribution in [-0.2, 0) is 5.41 Å². The molecule has 1 aromatic heterocycles. The Morgan fingerprint density at radius 3 is 2.29 bits per heavy atom. The predicted octanol–water partition coefficient (Wildman–Crippen LogP) is 2.22. The molecule has 0 aromatic carbocycles. The van der Waals surface area contributed by atoms with E-state index in [1.807, 2.05) is 0 Å². The van der Waals surface area contributed by atoms with Crippen molar-refractivity contribution in [3.8, 4) is 0 Å². The third-order valence-corrected chi connectivity index (χ3v) is 2.62. The van der Waals surface area contributed by atoms with Gasteiger partial charge in [-0.2, -0.15) is 0 Å². The molecule has 1 aromatic rings. The van der Waals surface area contributed by atoms with Gasteiger partial charge in [-0.05, 0) is 12.8 Å². The number of aromatic amines is 1. The van der Waals surface area contributed by atoms with E-state index in [1.54, 1.807) is 0 Å². The summed E-state index contributed by atoms with van der Waals surface area (Å²) in [6.07, 6.45) is 4.18. The third kappa shape index (κ3) is 2.25. The molecule has 0 spiro atoms. The Hall–Kier alpha value is -1.06. The van der Waals surface area contributed by atoms with Crippen LogP contribution in [0, 0.1) is 0 Å². The summed E-state index contributed by atoms with van der Waals surface area (Å²) in [5.41, 5.74) is -0.0460. The Morgan fingerprint density at radius 1 is 1.36 bits per heavy atom. The Kier molecular flexibility index (Phi) is 3.49. The molecule has 0 aliphatic carbocycles. The number of aromatic nitrogens is 2. The lowest BCUT2D eigenvalue weighted by atomic mass is 9.80. The number of nitrogens with one attached hydrogen (secondary N) is 1. The molecular formula is C10H18N2O2. The maximum atomic E-state index is 10.9. The van der Waals surface area contributed by atoms with Crippen LogP contribution in [0.25, 0.3) is 0 Å². The van der Waals surface area contributed by atoms with Gasteiger partial charge in [-0.1, -0.05) is 38.8 Å². The van der Waals surface area contributed by atoms with Crippen LogP contribution in [0.15, 0.2) is 9.32 Å². The van der Waals surface area contributed by atoms with Crippen LogP contribution >= 0.6 is 0 Å². The number of H-pyrrole nitrogens is 1. The molecule has 14 heavy (non-hydrogen) atoms. The first-order valence-corrected chi connectivity index (χ1v) is 5.19. The first-order chi connectivity index (χ1) is 6.62. The van der Waals surface area contributed by atoms with Crippen molar-refractivity contribution in [2.24, 2.45) is 0 Å². The molecular weight excluding hydrogens is 180 g/mol. The highest BCUT2D eigenvalue weighted by Crippen LogP contribution is 2.30.